The van der Waals surface area contributed by atoms with Gasteiger partial charge in [0.25, 0.3) is 5.91 Å². The van der Waals surface area contributed by atoms with Crippen molar-refractivity contribution in [3.63, 3.8) is 0 Å². The van der Waals surface area contributed by atoms with Gasteiger partial charge in [0, 0.05) is 17.4 Å². The monoisotopic (exact) mass is 387 g/mol. The molecule has 0 fully saturated rings. The van der Waals surface area contributed by atoms with Crippen molar-refractivity contribution < 1.29 is 27.9 Å². The first-order valence-corrected chi connectivity index (χ1v) is 7.69. The van der Waals surface area contributed by atoms with Gasteiger partial charge in [-0.25, -0.2) is 14.8 Å². The number of nitrogens with one attached hydrogen (secondary N) is 1. The number of carbonyl (C=O) groups is 2. The van der Waals surface area contributed by atoms with E-state index >= 15 is 0 Å². The van der Waals surface area contributed by atoms with Gasteiger partial charge in [0.05, 0.1) is 5.56 Å². The molecule has 6 nitrogen and oxygen atoms in total. The van der Waals surface area contributed by atoms with Gasteiger partial charge in [-0.3, -0.25) is 4.79 Å². The number of aliphatic carboxylic acids is 1. The number of carboxylic acid groups (broad SMARTS) is 1. The Labute approximate surface area is 151 Å². The normalized spacial score (nSPS) is 13.7. The van der Waals surface area contributed by atoms with E-state index in [-0.39, 0.29) is 17.5 Å². The van der Waals surface area contributed by atoms with Crippen LogP contribution in [0, 0.1) is 0 Å². The van der Waals surface area contributed by atoms with Crippen LogP contribution in [0.15, 0.2) is 36.7 Å². The third kappa shape index (κ3) is 3.93. The largest absolute Gasteiger partial charge is 0.479 e. The summed E-state index contributed by atoms with van der Waals surface area (Å²) in [5.74, 6) is -3.65. The minimum absolute atomic E-state index is 0.0167. The third-order valence-corrected chi connectivity index (χ3v) is 3.98. The number of benzene rings is 1. The number of carbonyl (C=O) groups excluding carboxylic acids is 1. The van der Waals surface area contributed by atoms with E-state index in [0.29, 0.717) is 17.4 Å². The second-order valence-corrected chi connectivity index (χ2v) is 5.75. The van der Waals surface area contributed by atoms with Crippen molar-refractivity contribution >= 4 is 23.5 Å². The molecular formula is C16H13ClF3N3O3. The van der Waals surface area contributed by atoms with Gasteiger partial charge < -0.3 is 10.4 Å². The van der Waals surface area contributed by atoms with E-state index < -0.39 is 29.4 Å². The number of alkyl halides is 3. The Morgan fingerprint density at radius 2 is 1.69 bits per heavy atom. The Balaban J connectivity index is 2.35. The van der Waals surface area contributed by atoms with Gasteiger partial charge >= 0.3 is 12.1 Å². The molecule has 2 aromatic rings. The molecule has 0 aliphatic carbocycles. The highest BCUT2D eigenvalue weighted by Crippen LogP contribution is 2.28. The first-order chi connectivity index (χ1) is 12.1. The summed E-state index contributed by atoms with van der Waals surface area (Å²) in [5, 5.41) is 12.4. The molecule has 0 radical (unpaired) electrons. The summed E-state index contributed by atoms with van der Waals surface area (Å²) < 4.78 is 37.5. The molecule has 0 spiro atoms. The van der Waals surface area contributed by atoms with Crippen LogP contribution in [0.25, 0.3) is 0 Å². The Kier molecular flexibility index (Phi) is 5.50. The lowest BCUT2D eigenvalue weighted by Gasteiger charge is -2.30. The molecule has 1 unspecified atom stereocenters. The number of hydrogen-bond donors (Lipinski definition) is 2. The highest BCUT2D eigenvalue weighted by atomic mass is 35.5. The maximum atomic E-state index is 12.5. The summed E-state index contributed by atoms with van der Waals surface area (Å²) in [7, 11) is 0. The lowest BCUT2D eigenvalue weighted by Crippen LogP contribution is -2.51. The topological polar surface area (TPSA) is 92.2 Å². The Bertz CT molecular complexity index is 810. The number of rotatable bonds is 5. The summed E-state index contributed by atoms with van der Waals surface area (Å²) in [6.07, 6.45) is -3.38. The number of amides is 1. The SMILES string of the molecule is CCC(NC(=O)c1cnc(C(F)(F)F)nc1)(C(=O)O)c1ccc(Cl)cc1. The van der Waals surface area contributed by atoms with E-state index in [1.165, 1.54) is 24.3 Å². The van der Waals surface area contributed by atoms with Gasteiger partial charge in [-0.2, -0.15) is 13.2 Å². The molecule has 0 saturated heterocycles. The van der Waals surface area contributed by atoms with Crippen LogP contribution < -0.4 is 5.32 Å². The van der Waals surface area contributed by atoms with Crippen LogP contribution in [0.4, 0.5) is 13.2 Å². The second kappa shape index (κ2) is 7.28. The number of carboxylic acids is 1. The number of nitrogens with zero attached hydrogens (tertiary/aromatic N) is 2. The van der Waals surface area contributed by atoms with Gasteiger partial charge in [-0.1, -0.05) is 30.7 Å². The summed E-state index contributed by atoms with van der Waals surface area (Å²) in [6, 6.07) is 5.84. The smallest absolute Gasteiger partial charge is 0.451 e. The van der Waals surface area contributed by atoms with E-state index in [1.807, 2.05) is 0 Å². The van der Waals surface area contributed by atoms with Crippen molar-refractivity contribution in [2.45, 2.75) is 25.1 Å². The molecule has 0 aliphatic heterocycles. The van der Waals surface area contributed by atoms with Crippen LogP contribution in [-0.4, -0.2) is 27.0 Å². The second-order valence-electron chi connectivity index (χ2n) is 5.32. The molecule has 1 aromatic carbocycles. The number of hydrogen-bond acceptors (Lipinski definition) is 4. The molecule has 138 valence electrons. The van der Waals surface area contributed by atoms with E-state index in [9.17, 15) is 27.9 Å². The molecule has 1 amide bonds. The highest BCUT2D eigenvalue weighted by Gasteiger charge is 2.41. The van der Waals surface area contributed by atoms with E-state index in [1.54, 1.807) is 6.92 Å². The maximum absolute atomic E-state index is 12.5. The van der Waals surface area contributed by atoms with Gasteiger partial charge in [0.15, 0.2) is 5.54 Å². The zero-order valence-corrected chi connectivity index (χ0v) is 14.1. The maximum Gasteiger partial charge on any atom is 0.451 e. The standard InChI is InChI=1S/C16H13ClF3N3O3/c1-2-15(14(25)26,10-3-5-11(17)6-4-10)23-12(24)9-7-21-13(22-8-9)16(18,19)20/h3-8H,2H2,1H3,(H,23,24)(H,25,26). The summed E-state index contributed by atoms with van der Waals surface area (Å²) in [4.78, 5) is 30.4. The van der Waals surface area contributed by atoms with E-state index in [4.69, 9.17) is 11.6 Å². The fourth-order valence-electron chi connectivity index (χ4n) is 2.28. The molecule has 2 rings (SSSR count). The summed E-state index contributed by atoms with van der Waals surface area (Å²) in [6.45, 7) is 1.55. The summed E-state index contributed by atoms with van der Waals surface area (Å²) in [5.41, 5.74) is -1.83. The molecule has 0 aliphatic rings. The Hall–Kier alpha value is -2.68. The van der Waals surface area contributed by atoms with Crippen molar-refractivity contribution in [1.29, 1.82) is 0 Å². The van der Waals surface area contributed by atoms with Gasteiger partial charge in [-0.05, 0) is 24.1 Å². The molecule has 2 N–H and O–H groups in total. The van der Waals surface area contributed by atoms with Crippen molar-refractivity contribution in [3.8, 4) is 0 Å². The van der Waals surface area contributed by atoms with Crippen molar-refractivity contribution in [3.05, 3.63) is 58.6 Å². The number of aromatic nitrogens is 2. The van der Waals surface area contributed by atoms with Gasteiger partial charge in [0.2, 0.25) is 5.82 Å². The van der Waals surface area contributed by atoms with Crippen molar-refractivity contribution in [2.24, 2.45) is 0 Å². The van der Waals surface area contributed by atoms with Crippen molar-refractivity contribution in [2.75, 3.05) is 0 Å². The summed E-state index contributed by atoms with van der Waals surface area (Å²) >= 11 is 5.79. The predicted molar refractivity (Wildman–Crippen MR) is 85.6 cm³/mol. The van der Waals surface area contributed by atoms with E-state index in [0.717, 1.165) is 0 Å². The molecule has 26 heavy (non-hydrogen) atoms. The molecular weight excluding hydrogens is 375 g/mol. The fraction of sp³-hybridized carbons (Fsp3) is 0.250. The molecule has 1 aromatic heterocycles. The van der Waals surface area contributed by atoms with Gasteiger partial charge in [0.1, 0.15) is 0 Å². The molecule has 10 heteroatoms. The van der Waals surface area contributed by atoms with Crippen LogP contribution >= 0.6 is 11.6 Å². The molecule has 1 heterocycles. The minimum Gasteiger partial charge on any atom is -0.479 e. The molecule has 1 atom stereocenters. The van der Waals surface area contributed by atoms with Crippen LogP contribution in [0.1, 0.15) is 35.1 Å². The first kappa shape index (κ1) is 19.6. The third-order valence-electron chi connectivity index (χ3n) is 3.73. The zero-order chi connectivity index (χ0) is 19.5. The van der Waals surface area contributed by atoms with E-state index in [2.05, 4.69) is 15.3 Å². The van der Waals surface area contributed by atoms with Crippen molar-refractivity contribution in [1.82, 2.24) is 15.3 Å². The quantitative estimate of drug-likeness (QED) is 0.821. The average molecular weight is 388 g/mol. The highest BCUT2D eigenvalue weighted by molar-refractivity contribution is 6.30. The Morgan fingerprint density at radius 1 is 1.15 bits per heavy atom. The molecule has 0 saturated carbocycles. The molecule has 0 bridgehead atoms. The zero-order valence-electron chi connectivity index (χ0n) is 13.3. The lowest BCUT2D eigenvalue weighted by atomic mass is 9.87. The van der Waals surface area contributed by atoms with Crippen LogP contribution in [0.5, 0.6) is 0 Å². The lowest BCUT2D eigenvalue weighted by molar-refractivity contribution is -0.145. The minimum atomic E-state index is -4.74. The fourth-order valence-corrected chi connectivity index (χ4v) is 2.41. The average Bonchev–Trinajstić information content (AvgIpc) is 2.59. The number of halogens is 4. The van der Waals surface area contributed by atoms with Crippen LogP contribution in [0.3, 0.4) is 0 Å². The Morgan fingerprint density at radius 3 is 2.12 bits per heavy atom. The van der Waals surface area contributed by atoms with Crippen LogP contribution in [-0.2, 0) is 16.5 Å². The van der Waals surface area contributed by atoms with Crippen LogP contribution in [0.2, 0.25) is 5.02 Å². The first-order valence-electron chi connectivity index (χ1n) is 7.31. The van der Waals surface area contributed by atoms with Gasteiger partial charge in [-0.15, -0.1) is 0 Å². The predicted octanol–water partition coefficient (Wildman–Crippen LogP) is 3.27.